The van der Waals surface area contributed by atoms with E-state index in [0.29, 0.717) is 28.5 Å². The van der Waals surface area contributed by atoms with Crippen molar-refractivity contribution >= 4 is 23.7 Å². The maximum absolute atomic E-state index is 12.6. The molecule has 1 aliphatic heterocycles. The van der Waals surface area contributed by atoms with Crippen molar-refractivity contribution in [1.29, 1.82) is 0 Å². The number of carbonyl (C=O) groups excluding carboxylic acids is 1. The molecule has 4 rings (SSSR count). The van der Waals surface area contributed by atoms with Crippen LogP contribution in [0.15, 0.2) is 65.8 Å². The van der Waals surface area contributed by atoms with E-state index in [1.54, 1.807) is 12.1 Å². The summed E-state index contributed by atoms with van der Waals surface area (Å²) in [6.45, 7) is 6.41. The lowest BCUT2D eigenvalue weighted by molar-refractivity contribution is -0.130. The number of aromatic hydroxyl groups is 1. The molecule has 1 atom stereocenters. The normalized spacial score (nSPS) is 15.4. The summed E-state index contributed by atoms with van der Waals surface area (Å²) in [5.74, 6) is 0.769. The zero-order chi connectivity index (χ0) is 24.3. The number of hydrogen-bond acceptors (Lipinski definition) is 5. The number of fused-ring (bicyclic) bond motifs is 1. The molecule has 0 aromatic heterocycles. The van der Waals surface area contributed by atoms with Crippen LogP contribution in [0.1, 0.15) is 43.0 Å². The van der Waals surface area contributed by atoms with E-state index < -0.39 is 12.0 Å². The van der Waals surface area contributed by atoms with Gasteiger partial charge in [0.15, 0.2) is 11.5 Å². The second-order valence-electron chi connectivity index (χ2n) is 9.22. The van der Waals surface area contributed by atoms with E-state index in [1.165, 1.54) is 6.21 Å². The van der Waals surface area contributed by atoms with Crippen molar-refractivity contribution in [1.82, 2.24) is 5.43 Å². The van der Waals surface area contributed by atoms with Gasteiger partial charge in [-0.1, -0.05) is 62.7 Å². The Kier molecular flexibility index (Phi) is 6.80. The predicted octanol–water partition coefficient (Wildman–Crippen LogP) is 5.22. The molecule has 1 heterocycles. The molecule has 0 aliphatic carbocycles. The molecule has 0 radical (unpaired) electrons. The number of amides is 1. The molecule has 0 spiro atoms. The molecule has 6 nitrogen and oxygen atoms in total. The van der Waals surface area contributed by atoms with Crippen molar-refractivity contribution in [3.05, 3.63) is 87.9 Å². The Morgan fingerprint density at radius 3 is 2.71 bits per heavy atom. The number of hydrogen-bond donors (Lipinski definition) is 2. The molecule has 176 valence electrons. The van der Waals surface area contributed by atoms with Gasteiger partial charge in [-0.2, -0.15) is 5.10 Å². The lowest BCUT2D eigenvalue weighted by Gasteiger charge is -2.27. The summed E-state index contributed by atoms with van der Waals surface area (Å²) in [6, 6.07) is 18.6. The molecule has 0 bridgehead atoms. The number of hydrazone groups is 1. The number of ether oxygens (including phenoxy) is 2. The Balaban J connectivity index is 1.41. The molecular formula is C27H27ClN2O4. The molecule has 0 saturated heterocycles. The quantitative estimate of drug-likeness (QED) is 0.389. The molecule has 0 unspecified atom stereocenters. The van der Waals surface area contributed by atoms with Gasteiger partial charge in [0.2, 0.25) is 6.10 Å². The van der Waals surface area contributed by atoms with Crippen molar-refractivity contribution in [2.24, 2.45) is 5.10 Å². The second-order valence-corrected chi connectivity index (χ2v) is 9.63. The Morgan fingerprint density at radius 1 is 1.15 bits per heavy atom. The van der Waals surface area contributed by atoms with Gasteiger partial charge in [0, 0.05) is 10.6 Å². The highest BCUT2D eigenvalue weighted by Gasteiger charge is 2.28. The highest BCUT2D eigenvalue weighted by Crippen LogP contribution is 2.36. The van der Waals surface area contributed by atoms with E-state index >= 15 is 0 Å². The summed E-state index contributed by atoms with van der Waals surface area (Å²) < 4.78 is 11.6. The SMILES string of the molecule is CC(C)(C)c1ccc2c(c1)O[C@H](C(=O)N/N=C/c1cc(Cc3ccccc3Cl)ccc1O)CO2. The minimum atomic E-state index is -0.833. The molecule has 1 aliphatic rings. The highest BCUT2D eigenvalue weighted by molar-refractivity contribution is 6.31. The van der Waals surface area contributed by atoms with E-state index in [4.69, 9.17) is 21.1 Å². The fraction of sp³-hybridized carbons (Fsp3) is 0.259. The van der Waals surface area contributed by atoms with Gasteiger partial charge in [-0.05, 0) is 58.9 Å². The van der Waals surface area contributed by atoms with Crippen LogP contribution < -0.4 is 14.9 Å². The predicted molar refractivity (Wildman–Crippen MR) is 133 cm³/mol. The van der Waals surface area contributed by atoms with Gasteiger partial charge >= 0.3 is 0 Å². The molecule has 34 heavy (non-hydrogen) atoms. The van der Waals surface area contributed by atoms with Crippen molar-refractivity contribution < 1.29 is 19.4 Å². The van der Waals surface area contributed by atoms with Crippen LogP contribution in [0.3, 0.4) is 0 Å². The Labute approximate surface area is 204 Å². The molecule has 1 amide bonds. The number of benzene rings is 3. The van der Waals surface area contributed by atoms with Crippen LogP contribution in [0.5, 0.6) is 17.2 Å². The van der Waals surface area contributed by atoms with Crippen molar-refractivity contribution in [2.75, 3.05) is 6.61 Å². The van der Waals surface area contributed by atoms with Gasteiger partial charge < -0.3 is 14.6 Å². The summed E-state index contributed by atoms with van der Waals surface area (Å²) >= 11 is 6.25. The monoisotopic (exact) mass is 478 g/mol. The third-order valence-electron chi connectivity index (χ3n) is 5.58. The summed E-state index contributed by atoms with van der Waals surface area (Å²) in [5.41, 5.74) is 5.92. The van der Waals surface area contributed by atoms with Gasteiger partial charge in [-0.3, -0.25) is 4.79 Å². The lowest BCUT2D eigenvalue weighted by atomic mass is 9.87. The zero-order valence-corrected chi connectivity index (χ0v) is 20.1. The van der Waals surface area contributed by atoms with E-state index in [1.807, 2.05) is 48.5 Å². The minimum Gasteiger partial charge on any atom is -0.507 e. The smallest absolute Gasteiger partial charge is 0.284 e. The first-order valence-electron chi connectivity index (χ1n) is 11.0. The van der Waals surface area contributed by atoms with E-state index in [-0.39, 0.29) is 17.8 Å². The van der Waals surface area contributed by atoms with Crippen LogP contribution in [0.2, 0.25) is 5.02 Å². The second kappa shape index (κ2) is 9.77. The number of rotatable bonds is 5. The summed E-state index contributed by atoms with van der Waals surface area (Å²) in [6.07, 6.45) is 1.18. The third kappa shape index (κ3) is 5.51. The highest BCUT2D eigenvalue weighted by atomic mass is 35.5. The zero-order valence-electron chi connectivity index (χ0n) is 19.3. The van der Waals surface area contributed by atoms with Crippen LogP contribution >= 0.6 is 11.6 Å². The van der Waals surface area contributed by atoms with Crippen LogP contribution in [0.4, 0.5) is 0 Å². The van der Waals surface area contributed by atoms with Gasteiger partial charge in [0.1, 0.15) is 12.4 Å². The summed E-state index contributed by atoms with van der Waals surface area (Å²) in [7, 11) is 0. The number of phenols is 1. The fourth-order valence-corrected chi connectivity index (χ4v) is 3.79. The molecular weight excluding hydrogens is 452 g/mol. The maximum Gasteiger partial charge on any atom is 0.284 e. The Bertz CT molecular complexity index is 1230. The molecule has 2 N–H and O–H groups in total. The van der Waals surface area contributed by atoms with E-state index in [9.17, 15) is 9.90 Å². The van der Waals surface area contributed by atoms with Crippen molar-refractivity contribution in [3.63, 3.8) is 0 Å². The van der Waals surface area contributed by atoms with Crippen LogP contribution in [-0.4, -0.2) is 29.9 Å². The van der Waals surface area contributed by atoms with Gasteiger partial charge in [-0.25, -0.2) is 5.43 Å². The number of phenolic OH excluding ortho intramolecular Hbond substituents is 1. The number of halogens is 1. The first-order chi connectivity index (χ1) is 16.2. The average Bonchev–Trinajstić information content (AvgIpc) is 2.81. The lowest BCUT2D eigenvalue weighted by Crippen LogP contribution is -2.42. The number of nitrogens with one attached hydrogen (secondary N) is 1. The molecule has 3 aromatic carbocycles. The first-order valence-corrected chi connectivity index (χ1v) is 11.4. The molecule has 3 aromatic rings. The molecule has 7 heteroatoms. The maximum atomic E-state index is 12.6. The number of nitrogens with zero attached hydrogens (tertiary/aromatic N) is 1. The average molecular weight is 479 g/mol. The minimum absolute atomic E-state index is 0.0553. The third-order valence-corrected chi connectivity index (χ3v) is 5.95. The van der Waals surface area contributed by atoms with Crippen LogP contribution in [0, 0.1) is 0 Å². The van der Waals surface area contributed by atoms with Crippen LogP contribution in [0.25, 0.3) is 0 Å². The van der Waals surface area contributed by atoms with Crippen molar-refractivity contribution in [3.8, 4) is 17.2 Å². The van der Waals surface area contributed by atoms with Gasteiger partial charge in [0.25, 0.3) is 5.91 Å². The summed E-state index contributed by atoms with van der Waals surface area (Å²) in [4.78, 5) is 12.6. The van der Waals surface area contributed by atoms with Crippen LogP contribution in [-0.2, 0) is 16.6 Å². The number of carbonyl (C=O) groups is 1. The molecule has 0 fully saturated rings. The van der Waals surface area contributed by atoms with Gasteiger partial charge in [0.05, 0.1) is 6.21 Å². The van der Waals surface area contributed by atoms with Crippen molar-refractivity contribution in [2.45, 2.75) is 38.7 Å². The molecule has 0 saturated carbocycles. The Hall–Kier alpha value is -3.51. The van der Waals surface area contributed by atoms with E-state index in [0.717, 1.165) is 16.7 Å². The standard InChI is InChI=1S/C27H27ClN2O4/c1-27(2,3)20-9-11-23-24(14-20)34-25(16-33-23)26(32)30-29-15-19-13-17(8-10-22(19)31)12-18-6-4-5-7-21(18)28/h4-11,13-15,25,31H,12,16H2,1-3H3,(H,30,32)/b29-15+/t25-/m0/s1. The topological polar surface area (TPSA) is 80.2 Å². The summed E-state index contributed by atoms with van der Waals surface area (Å²) in [5, 5.41) is 14.9. The Morgan fingerprint density at radius 2 is 1.94 bits per heavy atom. The van der Waals surface area contributed by atoms with Gasteiger partial charge in [-0.15, -0.1) is 0 Å². The van der Waals surface area contributed by atoms with E-state index in [2.05, 4.69) is 31.3 Å². The fourth-order valence-electron chi connectivity index (χ4n) is 3.58. The first kappa shape index (κ1) is 23.6. The largest absolute Gasteiger partial charge is 0.507 e.